The fourth-order valence-electron chi connectivity index (χ4n) is 9.08. The molecule has 1 radical (unpaired) electrons. The van der Waals surface area contributed by atoms with Crippen LogP contribution in [0.2, 0.25) is 0 Å². The summed E-state index contributed by atoms with van der Waals surface area (Å²) in [4.78, 5) is 19.1. The minimum Gasteiger partial charge on any atom is -0.486 e. The van der Waals surface area contributed by atoms with Gasteiger partial charge in [-0.15, -0.1) is 53.6 Å². The summed E-state index contributed by atoms with van der Waals surface area (Å²) >= 11 is 0. The van der Waals surface area contributed by atoms with Crippen LogP contribution in [0.4, 0.5) is 0 Å². The Kier molecular flexibility index (Phi) is 10.9. The summed E-state index contributed by atoms with van der Waals surface area (Å²) in [6.45, 7) is 15.6. The van der Waals surface area contributed by atoms with Crippen molar-refractivity contribution in [2.75, 3.05) is 0 Å². The fraction of sp³-hybridized carbons (Fsp3) is 0.258. The van der Waals surface area contributed by atoms with E-state index in [0.29, 0.717) is 22.8 Å². The third kappa shape index (κ3) is 8.66. The van der Waals surface area contributed by atoms with E-state index in [1.165, 1.54) is 11.6 Å². The number of oxazole rings is 1. The van der Waals surface area contributed by atoms with Crippen LogP contribution in [0, 0.1) is 25.8 Å². The zero-order chi connectivity index (χ0) is 53.5. The molecule has 0 bridgehead atoms. The molecule has 7 nitrogen and oxygen atoms in total. The first-order chi connectivity index (χ1) is 35.4. The molecule has 70 heavy (non-hydrogen) atoms. The van der Waals surface area contributed by atoms with Crippen LogP contribution in [-0.2, 0) is 30.9 Å². The number of hydrogen-bond donors (Lipinski definition) is 0. The van der Waals surface area contributed by atoms with Crippen molar-refractivity contribution >= 4 is 55.1 Å². The summed E-state index contributed by atoms with van der Waals surface area (Å²) in [6.07, 6.45) is 1.95. The van der Waals surface area contributed by atoms with Crippen LogP contribution in [0.1, 0.15) is 123 Å². The third-order valence-corrected chi connectivity index (χ3v) is 12.8. The quantitative estimate of drug-likeness (QED) is 0.154. The molecule has 0 N–H and O–H groups in total. The van der Waals surface area contributed by atoms with Crippen LogP contribution < -0.4 is 0 Å². The normalized spacial score (nSPS) is 13.8. The van der Waals surface area contributed by atoms with E-state index in [4.69, 9.17) is 27.0 Å². The van der Waals surface area contributed by atoms with Gasteiger partial charge in [-0.05, 0) is 81.2 Å². The first-order valence-electron chi connectivity index (χ1n) is 26.6. The van der Waals surface area contributed by atoms with Gasteiger partial charge in [0.2, 0.25) is 17.3 Å². The molecule has 0 fully saturated rings. The van der Waals surface area contributed by atoms with Crippen molar-refractivity contribution in [1.29, 1.82) is 0 Å². The van der Waals surface area contributed by atoms with Crippen LogP contribution in [0.3, 0.4) is 0 Å². The second kappa shape index (κ2) is 18.5. The van der Waals surface area contributed by atoms with Gasteiger partial charge in [0.15, 0.2) is 5.58 Å². The van der Waals surface area contributed by atoms with Gasteiger partial charge in [-0.3, -0.25) is 4.98 Å². The van der Waals surface area contributed by atoms with Crippen LogP contribution in [0.25, 0.3) is 94.6 Å². The second-order valence-corrected chi connectivity index (χ2v) is 20.5. The standard InChI is InChI=1S/C47H43N4O2.C15H16N.Ir/c1-25(2)34-23-31(29-15-11-10-12-16-29)24-35(26(3)4)39(34)51-40-32-18-14-13-17-30(32)20-22-36(40)48-44(51)33-21-19-27(5)37-38-28(6)41-43(49-45(38)52-42(33)37)50-46(53-41)47(7,8)9;1-15(2,3)13-9-10-14(16-11-13)12-7-5-4-6-8-12;/h10-20,22-26H,1-9H3;4-7,9-11H,1-3H3;/q2*-1;/i5D3,6D3;;. The zero-order valence-corrected chi connectivity index (χ0v) is 43.6. The summed E-state index contributed by atoms with van der Waals surface area (Å²) in [5.41, 5.74) is 9.91. The Morgan fingerprint density at radius 3 is 2.04 bits per heavy atom. The van der Waals surface area contributed by atoms with Gasteiger partial charge < -0.3 is 18.4 Å². The number of nitrogens with zero attached hydrogens (tertiary/aromatic N) is 5. The Labute approximate surface area is 433 Å². The van der Waals surface area contributed by atoms with Crippen LogP contribution >= 0.6 is 0 Å². The van der Waals surface area contributed by atoms with Crippen molar-refractivity contribution in [3.05, 3.63) is 173 Å². The second-order valence-electron chi connectivity index (χ2n) is 20.5. The van der Waals surface area contributed by atoms with Gasteiger partial charge >= 0.3 is 0 Å². The van der Waals surface area contributed by atoms with Gasteiger partial charge in [0.1, 0.15) is 0 Å². The van der Waals surface area contributed by atoms with Crippen molar-refractivity contribution in [2.45, 2.75) is 106 Å². The maximum Gasteiger partial charge on any atom is 0.218 e. The van der Waals surface area contributed by atoms with Gasteiger partial charge in [0, 0.05) is 62.0 Å². The van der Waals surface area contributed by atoms with E-state index >= 15 is 0 Å². The molecule has 0 unspecified atom stereocenters. The Hall–Kier alpha value is -6.73. The first-order valence-corrected chi connectivity index (χ1v) is 23.6. The molecule has 0 saturated carbocycles. The maximum atomic E-state index is 8.77. The van der Waals surface area contributed by atoms with Gasteiger partial charge in [-0.1, -0.05) is 160 Å². The number of furan rings is 1. The number of rotatable bonds is 6. The molecule has 355 valence electrons. The SMILES string of the molecule is CC(C)(C)c1ccc(-c2[c-]cccc2)nc1.[2H]C([2H])([2H])c1c2oc(C(C)(C)C)nc2nc2oc3c(-c4nc5ccc6ccccc6c5n4-c4c(C(C)C)cc(-c5ccccc5)cc4C(C)C)[c-]cc(C([2H])([2H])[2H])c3c12.[Ir]. The largest absolute Gasteiger partial charge is 0.486 e. The zero-order valence-electron chi connectivity index (χ0n) is 47.2. The summed E-state index contributed by atoms with van der Waals surface area (Å²) < 4.78 is 67.3. The predicted molar refractivity (Wildman–Crippen MR) is 284 cm³/mol. The molecule has 11 aromatic rings. The summed E-state index contributed by atoms with van der Waals surface area (Å²) in [7, 11) is 0. The Morgan fingerprint density at radius 1 is 0.671 bits per heavy atom. The van der Waals surface area contributed by atoms with E-state index in [1.807, 2.05) is 93.7 Å². The minimum absolute atomic E-state index is 0. The van der Waals surface area contributed by atoms with Crippen molar-refractivity contribution in [2.24, 2.45) is 0 Å². The molecule has 0 atom stereocenters. The van der Waals surface area contributed by atoms with E-state index in [2.05, 4.69) is 124 Å². The van der Waals surface area contributed by atoms with Crippen molar-refractivity contribution < 1.29 is 37.2 Å². The van der Waals surface area contributed by atoms with Crippen molar-refractivity contribution in [3.8, 4) is 39.5 Å². The Morgan fingerprint density at radius 2 is 1.40 bits per heavy atom. The number of aromatic nitrogens is 5. The fourth-order valence-corrected chi connectivity index (χ4v) is 9.08. The van der Waals surface area contributed by atoms with Crippen LogP contribution in [0.5, 0.6) is 0 Å². The number of pyridine rings is 2. The Bertz CT molecular complexity index is 3910. The topological polar surface area (TPSA) is 82.8 Å². The van der Waals surface area contributed by atoms with Crippen molar-refractivity contribution in [1.82, 2.24) is 24.5 Å². The molecule has 0 aliphatic carbocycles. The molecule has 0 amide bonds. The molecule has 6 aromatic carbocycles. The van der Waals surface area contributed by atoms with E-state index in [9.17, 15) is 0 Å². The third-order valence-electron chi connectivity index (χ3n) is 12.8. The van der Waals surface area contributed by atoms with Gasteiger partial charge in [0.05, 0.1) is 22.4 Å². The molecule has 8 heteroatoms. The van der Waals surface area contributed by atoms with Gasteiger partial charge in [0.25, 0.3) is 0 Å². The van der Waals surface area contributed by atoms with Gasteiger partial charge in [-0.2, -0.15) is 9.97 Å². The molecule has 5 heterocycles. The monoisotopic (exact) mass is 1100 g/mol. The number of hydrogen-bond acceptors (Lipinski definition) is 6. The van der Waals surface area contributed by atoms with E-state index < -0.39 is 19.1 Å². The van der Waals surface area contributed by atoms with E-state index in [-0.39, 0.29) is 81.8 Å². The molecular formula is C62H59IrN5O2-2. The molecule has 0 aliphatic rings. The average molecular weight is 1100 g/mol. The van der Waals surface area contributed by atoms with E-state index in [1.54, 1.807) is 0 Å². The van der Waals surface area contributed by atoms with Gasteiger partial charge in [-0.25, -0.2) is 0 Å². The Balaban J connectivity index is 0.000000355. The summed E-state index contributed by atoms with van der Waals surface area (Å²) in [5, 5.41) is 2.14. The minimum atomic E-state index is -2.76. The number of aryl methyl sites for hydroxylation is 2. The van der Waals surface area contributed by atoms with E-state index in [0.717, 1.165) is 55.5 Å². The molecule has 11 rings (SSSR count). The number of imidazole rings is 1. The molecular weight excluding hydrogens is 1040 g/mol. The molecule has 5 aromatic heterocycles. The average Bonchev–Trinajstić information content (AvgIpc) is 4.16. The van der Waals surface area contributed by atoms with Crippen LogP contribution in [0.15, 0.2) is 136 Å². The molecule has 0 saturated heterocycles. The summed E-state index contributed by atoms with van der Waals surface area (Å²) in [5.74, 6) is 0.910. The molecule has 0 aliphatic heterocycles. The summed E-state index contributed by atoms with van der Waals surface area (Å²) in [6, 6.07) is 47.1. The number of fused-ring (bicyclic) bond motifs is 7. The molecule has 0 spiro atoms. The first kappa shape index (κ1) is 41.1. The van der Waals surface area contributed by atoms with Crippen LogP contribution in [-0.4, -0.2) is 24.5 Å². The predicted octanol–water partition coefficient (Wildman–Crippen LogP) is 16.8. The number of benzene rings is 6. The maximum absolute atomic E-state index is 8.77. The van der Waals surface area contributed by atoms with Crippen molar-refractivity contribution in [3.63, 3.8) is 0 Å². The smallest absolute Gasteiger partial charge is 0.218 e.